The third-order valence-electron chi connectivity index (χ3n) is 6.58. The summed E-state index contributed by atoms with van der Waals surface area (Å²) < 4.78 is 14.9. The van der Waals surface area contributed by atoms with Gasteiger partial charge in [-0.2, -0.15) is 15.3 Å². The number of esters is 1. The van der Waals surface area contributed by atoms with Crippen molar-refractivity contribution in [1.82, 2.24) is 34.7 Å². The fraction of sp³-hybridized carbons (Fsp3) is 0.385. The smallest absolute Gasteiger partial charge is 0.307 e. The molecule has 188 valence electrons. The Bertz CT molecular complexity index is 1450. The van der Waals surface area contributed by atoms with Gasteiger partial charge >= 0.3 is 5.97 Å². The number of aromatic nitrogens is 6. The summed E-state index contributed by atoms with van der Waals surface area (Å²) in [5.41, 5.74) is 6.70. The van der Waals surface area contributed by atoms with Gasteiger partial charge in [0.25, 0.3) is 0 Å². The maximum Gasteiger partial charge on any atom is 0.307 e. The predicted octanol–water partition coefficient (Wildman–Crippen LogP) is 3.41. The van der Waals surface area contributed by atoms with Crippen LogP contribution in [0, 0.1) is 6.92 Å². The number of hydrogen-bond acceptors (Lipinski definition) is 7. The standard InChI is InChI=1S/C26H31N7O3/c1-16-14-31(3)15-24-19(17(2)33(30-24)11-10-25(34)35-5)7-9-23-20-12-18(6-8-22(20)28-29-23)21-13-27-32(4)26(21)36-16/h6-9,12-13,16H,10-11,14-15H2,1-5H3,(H,28,29)/b9-7+/t16-/m0/s1. The normalized spacial score (nSPS) is 17.2. The van der Waals surface area contributed by atoms with Crippen LogP contribution in [0.3, 0.4) is 0 Å². The van der Waals surface area contributed by atoms with E-state index in [0.717, 1.165) is 50.6 Å². The molecule has 0 unspecified atom stereocenters. The second-order valence-electron chi connectivity index (χ2n) is 9.31. The Hall–Kier alpha value is -3.92. The van der Waals surface area contributed by atoms with E-state index in [1.165, 1.54) is 7.11 Å². The number of benzene rings is 1. The van der Waals surface area contributed by atoms with Crippen LogP contribution >= 0.6 is 0 Å². The topological polar surface area (TPSA) is 103 Å². The van der Waals surface area contributed by atoms with Gasteiger partial charge in [0.2, 0.25) is 5.88 Å². The van der Waals surface area contributed by atoms with Crippen LogP contribution in [0.25, 0.3) is 34.2 Å². The molecule has 0 aliphatic carbocycles. The summed E-state index contributed by atoms with van der Waals surface area (Å²) in [5, 5.41) is 18.0. The number of carbonyl (C=O) groups excluding carboxylic acids is 1. The van der Waals surface area contributed by atoms with Crippen LogP contribution in [0.4, 0.5) is 0 Å². The summed E-state index contributed by atoms with van der Waals surface area (Å²) in [6, 6.07) is 6.20. The highest BCUT2D eigenvalue weighted by Crippen LogP contribution is 2.33. The van der Waals surface area contributed by atoms with Gasteiger partial charge in [-0.3, -0.25) is 19.5 Å². The molecule has 4 heterocycles. The van der Waals surface area contributed by atoms with Crippen molar-refractivity contribution in [3.05, 3.63) is 47.0 Å². The van der Waals surface area contributed by atoms with E-state index >= 15 is 0 Å². The molecule has 4 aromatic rings. The molecular formula is C26H31N7O3. The van der Waals surface area contributed by atoms with E-state index in [4.69, 9.17) is 14.6 Å². The second-order valence-corrected chi connectivity index (χ2v) is 9.31. The first kappa shape index (κ1) is 23.8. The van der Waals surface area contributed by atoms with Gasteiger partial charge < -0.3 is 9.47 Å². The summed E-state index contributed by atoms with van der Waals surface area (Å²) in [4.78, 5) is 13.9. The van der Waals surface area contributed by atoms with E-state index < -0.39 is 0 Å². The van der Waals surface area contributed by atoms with Gasteiger partial charge in [0, 0.05) is 36.8 Å². The molecule has 0 fully saturated rings. The number of H-pyrrole nitrogens is 1. The lowest BCUT2D eigenvalue weighted by Crippen LogP contribution is -2.31. The highest BCUT2D eigenvalue weighted by molar-refractivity contribution is 5.93. The molecule has 0 amide bonds. The molecule has 1 aliphatic rings. The lowest BCUT2D eigenvalue weighted by Gasteiger charge is -2.22. The van der Waals surface area contributed by atoms with Gasteiger partial charge in [-0.05, 0) is 50.7 Å². The van der Waals surface area contributed by atoms with Crippen molar-refractivity contribution >= 4 is 29.0 Å². The third kappa shape index (κ3) is 4.51. The second kappa shape index (κ2) is 9.62. The van der Waals surface area contributed by atoms with Crippen molar-refractivity contribution in [2.75, 3.05) is 20.7 Å². The molecule has 0 saturated carbocycles. The highest BCUT2D eigenvalue weighted by Gasteiger charge is 2.20. The van der Waals surface area contributed by atoms with E-state index in [1.807, 2.05) is 37.0 Å². The largest absolute Gasteiger partial charge is 0.473 e. The SMILES string of the molecule is COC(=O)CCn1nc2c(c1C)/C=C/c1n[nH]c3ccc(cc13)-c1cnn(C)c1O[C@@H](C)CN(C)C2. The number of methoxy groups -OCH3 is 1. The fourth-order valence-corrected chi connectivity index (χ4v) is 4.72. The third-order valence-corrected chi connectivity index (χ3v) is 6.58. The monoisotopic (exact) mass is 489 g/mol. The Morgan fingerprint density at radius 1 is 1.28 bits per heavy atom. The van der Waals surface area contributed by atoms with Crippen LogP contribution in [-0.2, 0) is 29.7 Å². The molecule has 2 bridgehead atoms. The zero-order chi connectivity index (χ0) is 25.4. The summed E-state index contributed by atoms with van der Waals surface area (Å²) in [6.07, 6.45) is 6.11. The summed E-state index contributed by atoms with van der Waals surface area (Å²) in [7, 11) is 5.35. The van der Waals surface area contributed by atoms with Gasteiger partial charge in [-0.15, -0.1) is 0 Å². The van der Waals surface area contributed by atoms with Gasteiger partial charge in [0.1, 0.15) is 6.10 Å². The molecule has 36 heavy (non-hydrogen) atoms. The molecule has 1 aliphatic heterocycles. The Balaban J connectivity index is 1.61. The minimum atomic E-state index is -0.255. The molecular weight excluding hydrogens is 458 g/mol. The number of nitrogens with one attached hydrogen (secondary N) is 1. The fourth-order valence-electron chi connectivity index (χ4n) is 4.72. The molecule has 0 saturated heterocycles. The van der Waals surface area contributed by atoms with Crippen molar-refractivity contribution in [3.8, 4) is 17.0 Å². The number of nitrogens with zero attached hydrogens (tertiary/aromatic N) is 6. The first-order valence-corrected chi connectivity index (χ1v) is 12.0. The van der Waals surface area contributed by atoms with E-state index in [1.54, 1.807) is 4.68 Å². The number of likely N-dealkylation sites (N-methyl/N-ethyl adjacent to an activating group) is 1. The molecule has 10 nitrogen and oxygen atoms in total. The molecule has 5 rings (SSSR count). The van der Waals surface area contributed by atoms with Crippen LogP contribution in [0.15, 0.2) is 24.4 Å². The number of hydrogen-bond donors (Lipinski definition) is 1. The lowest BCUT2D eigenvalue weighted by molar-refractivity contribution is -0.140. The molecule has 1 aromatic carbocycles. The quantitative estimate of drug-likeness (QED) is 0.440. The lowest BCUT2D eigenvalue weighted by atomic mass is 10.0. The number of carbonyl (C=O) groups is 1. The first-order chi connectivity index (χ1) is 17.3. The number of aromatic amines is 1. The van der Waals surface area contributed by atoms with Gasteiger partial charge in [0.15, 0.2) is 0 Å². The summed E-state index contributed by atoms with van der Waals surface area (Å²) in [6.45, 7) is 5.87. The first-order valence-electron chi connectivity index (χ1n) is 12.0. The average molecular weight is 490 g/mol. The van der Waals surface area contributed by atoms with Crippen molar-refractivity contribution in [3.63, 3.8) is 0 Å². The Morgan fingerprint density at radius 2 is 2.11 bits per heavy atom. The molecule has 3 aromatic heterocycles. The number of aryl methyl sites for hydroxylation is 2. The van der Waals surface area contributed by atoms with Gasteiger partial charge in [-0.1, -0.05) is 6.07 Å². The Kier molecular flexibility index (Phi) is 6.36. The predicted molar refractivity (Wildman–Crippen MR) is 137 cm³/mol. The molecule has 1 atom stereocenters. The molecule has 0 radical (unpaired) electrons. The minimum absolute atomic E-state index is 0.0796. The van der Waals surface area contributed by atoms with Crippen LogP contribution in [0.5, 0.6) is 5.88 Å². The van der Waals surface area contributed by atoms with Crippen molar-refractivity contribution in [2.45, 2.75) is 39.5 Å². The molecule has 10 heteroatoms. The maximum absolute atomic E-state index is 11.7. The summed E-state index contributed by atoms with van der Waals surface area (Å²) in [5.74, 6) is 0.476. The zero-order valence-electron chi connectivity index (χ0n) is 21.3. The van der Waals surface area contributed by atoms with Crippen LogP contribution in [0.2, 0.25) is 0 Å². The number of rotatable bonds is 3. The van der Waals surface area contributed by atoms with E-state index in [-0.39, 0.29) is 18.5 Å². The number of fused-ring (bicyclic) bond motifs is 4. The molecule has 0 spiro atoms. The van der Waals surface area contributed by atoms with Crippen molar-refractivity contribution in [2.24, 2.45) is 7.05 Å². The van der Waals surface area contributed by atoms with E-state index in [0.29, 0.717) is 19.6 Å². The Labute approximate surface area is 209 Å². The van der Waals surface area contributed by atoms with E-state index in [9.17, 15) is 4.79 Å². The van der Waals surface area contributed by atoms with Crippen LogP contribution < -0.4 is 4.74 Å². The van der Waals surface area contributed by atoms with Gasteiger partial charge in [0.05, 0.1) is 48.7 Å². The molecule has 1 N–H and O–H groups in total. The highest BCUT2D eigenvalue weighted by atomic mass is 16.5. The number of ether oxygens (including phenoxy) is 2. The van der Waals surface area contributed by atoms with Gasteiger partial charge in [-0.25, -0.2) is 4.68 Å². The zero-order valence-corrected chi connectivity index (χ0v) is 21.3. The van der Waals surface area contributed by atoms with Crippen LogP contribution in [0.1, 0.15) is 36.0 Å². The van der Waals surface area contributed by atoms with E-state index in [2.05, 4.69) is 52.4 Å². The summed E-state index contributed by atoms with van der Waals surface area (Å²) >= 11 is 0. The minimum Gasteiger partial charge on any atom is -0.473 e. The Morgan fingerprint density at radius 3 is 2.92 bits per heavy atom. The maximum atomic E-state index is 11.7. The van der Waals surface area contributed by atoms with Crippen LogP contribution in [-0.4, -0.2) is 67.4 Å². The van der Waals surface area contributed by atoms with Crippen molar-refractivity contribution < 1.29 is 14.3 Å². The average Bonchev–Trinajstić information content (AvgIpc) is 3.51. The van der Waals surface area contributed by atoms with Crippen molar-refractivity contribution in [1.29, 1.82) is 0 Å².